The molecule has 2 atom stereocenters. The molecule has 10 heteroatoms. The number of phosphoric ester groups is 1. The van der Waals surface area contributed by atoms with E-state index in [1.807, 2.05) is 6.92 Å². The van der Waals surface area contributed by atoms with E-state index in [0.717, 1.165) is 64.2 Å². The normalized spacial score (nSPS) is 14.4. The predicted molar refractivity (Wildman–Crippen MR) is 173 cm³/mol. The van der Waals surface area contributed by atoms with E-state index in [2.05, 4.69) is 67.7 Å². The van der Waals surface area contributed by atoms with Crippen LogP contribution in [0.3, 0.4) is 0 Å². The molecule has 0 fully saturated rings. The number of carbonyl (C=O) groups excluding carboxylic acids is 2. The molecule has 0 aliphatic rings. The van der Waals surface area contributed by atoms with E-state index in [0.29, 0.717) is 12.8 Å². The highest BCUT2D eigenvalue weighted by molar-refractivity contribution is 7.47. The first-order valence-corrected chi connectivity index (χ1v) is 17.3. The lowest BCUT2D eigenvalue weighted by Crippen LogP contribution is -2.29. The predicted octanol–water partition coefficient (Wildman–Crippen LogP) is 7.82. The minimum Gasteiger partial charge on any atom is -0.462 e. The minimum atomic E-state index is -4.36. The fraction of sp³-hybridized carbons (Fsp3) is 0.636. The van der Waals surface area contributed by atoms with Crippen molar-refractivity contribution in [1.82, 2.24) is 0 Å². The largest absolute Gasteiger partial charge is 0.472 e. The number of unbranched alkanes of at least 4 members (excludes halogenated alkanes) is 5. The third-order valence-corrected chi connectivity index (χ3v) is 6.90. The highest BCUT2D eigenvalue weighted by Gasteiger charge is 2.25. The van der Waals surface area contributed by atoms with Crippen molar-refractivity contribution in [2.45, 2.75) is 110 Å². The molecule has 246 valence electrons. The van der Waals surface area contributed by atoms with Gasteiger partial charge >= 0.3 is 19.8 Å². The van der Waals surface area contributed by atoms with Crippen molar-refractivity contribution in [3.63, 3.8) is 0 Å². The lowest BCUT2D eigenvalue weighted by molar-refractivity contribution is -0.161. The van der Waals surface area contributed by atoms with Crippen LogP contribution >= 0.6 is 7.82 Å². The van der Waals surface area contributed by atoms with Crippen LogP contribution in [0.25, 0.3) is 0 Å². The molecule has 0 aliphatic heterocycles. The van der Waals surface area contributed by atoms with Crippen LogP contribution in [0.4, 0.5) is 0 Å². The van der Waals surface area contributed by atoms with E-state index in [1.165, 1.54) is 0 Å². The highest BCUT2D eigenvalue weighted by Crippen LogP contribution is 2.43. The van der Waals surface area contributed by atoms with E-state index in [4.69, 9.17) is 24.3 Å². The molecule has 0 heterocycles. The molecule has 0 rings (SSSR count). The third kappa shape index (κ3) is 29.6. The van der Waals surface area contributed by atoms with Crippen molar-refractivity contribution < 1.29 is 37.6 Å². The summed E-state index contributed by atoms with van der Waals surface area (Å²) in [4.78, 5) is 34.0. The highest BCUT2D eigenvalue weighted by atomic mass is 31.2. The van der Waals surface area contributed by atoms with Gasteiger partial charge in [0.15, 0.2) is 6.10 Å². The Labute approximate surface area is 259 Å². The van der Waals surface area contributed by atoms with Crippen LogP contribution in [-0.4, -0.2) is 49.3 Å². The molecule has 0 aromatic heterocycles. The Morgan fingerprint density at radius 3 is 1.86 bits per heavy atom. The molecule has 43 heavy (non-hydrogen) atoms. The monoisotopic (exact) mass is 625 g/mol. The second-order valence-corrected chi connectivity index (χ2v) is 11.4. The van der Waals surface area contributed by atoms with Gasteiger partial charge in [-0.3, -0.25) is 18.6 Å². The third-order valence-electron chi connectivity index (χ3n) is 5.92. The first-order chi connectivity index (χ1) is 20.8. The molecule has 9 nitrogen and oxygen atoms in total. The van der Waals surface area contributed by atoms with Crippen molar-refractivity contribution in [3.8, 4) is 0 Å². The topological polar surface area (TPSA) is 134 Å². The summed E-state index contributed by atoms with van der Waals surface area (Å²) < 4.78 is 32.1. The van der Waals surface area contributed by atoms with Crippen LogP contribution in [0, 0.1) is 0 Å². The number of allylic oxidation sites excluding steroid dienone is 10. The van der Waals surface area contributed by atoms with Crippen molar-refractivity contribution in [3.05, 3.63) is 60.8 Å². The van der Waals surface area contributed by atoms with Gasteiger partial charge in [-0.25, -0.2) is 4.57 Å². The van der Waals surface area contributed by atoms with E-state index in [1.54, 1.807) is 0 Å². The average molecular weight is 626 g/mol. The lowest BCUT2D eigenvalue weighted by Gasteiger charge is -2.19. The average Bonchev–Trinajstić information content (AvgIpc) is 2.98. The van der Waals surface area contributed by atoms with Gasteiger partial charge in [0.25, 0.3) is 0 Å². The van der Waals surface area contributed by atoms with Crippen LogP contribution in [-0.2, 0) is 32.7 Å². The fourth-order valence-corrected chi connectivity index (χ4v) is 4.36. The quantitative estimate of drug-likeness (QED) is 0.0386. The first kappa shape index (κ1) is 40.7. The molecule has 0 aromatic rings. The van der Waals surface area contributed by atoms with Crippen molar-refractivity contribution in [2.24, 2.45) is 5.73 Å². The van der Waals surface area contributed by atoms with Gasteiger partial charge in [0.1, 0.15) is 6.61 Å². The maximum Gasteiger partial charge on any atom is 0.472 e. The summed E-state index contributed by atoms with van der Waals surface area (Å²) in [7, 11) is -4.36. The molecule has 0 aliphatic carbocycles. The Balaban J connectivity index is 4.21. The Hall–Kier alpha value is -2.29. The Kier molecular flexibility index (Phi) is 28.2. The zero-order valence-electron chi connectivity index (χ0n) is 26.4. The number of hydrogen-bond acceptors (Lipinski definition) is 8. The maximum absolute atomic E-state index is 12.4. The summed E-state index contributed by atoms with van der Waals surface area (Å²) in [5.41, 5.74) is 5.28. The molecule has 3 N–H and O–H groups in total. The summed E-state index contributed by atoms with van der Waals surface area (Å²) in [6, 6.07) is 0. The van der Waals surface area contributed by atoms with Crippen LogP contribution in [0.2, 0.25) is 0 Å². The Morgan fingerprint density at radius 1 is 0.721 bits per heavy atom. The Morgan fingerprint density at radius 2 is 1.28 bits per heavy atom. The van der Waals surface area contributed by atoms with E-state index >= 15 is 0 Å². The number of nitrogens with two attached hydrogens (primary N) is 1. The van der Waals surface area contributed by atoms with Crippen LogP contribution < -0.4 is 5.73 Å². The first-order valence-electron chi connectivity index (χ1n) is 15.8. The molecule has 0 saturated carbocycles. The van der Waals surface area contributed by atoms with E-state index in [-0.39, 0.29) is 32.6 Å². The molecule has 0 radical (unpaired) electrons. The molecule has 0 spiro atoms. The van der Waals surface area contributed by atoms with E-state index < -0.39 is 32.5 Å². The van der Waals surface area contributed by atoms with Crippen LogP contribution in [0.1, 0.15) is 104 Å². The van der Waals surface area contributed by atoms with Gasteiger partial charge < -0.3 is 20.1 Å². The second-order valence-electron chi connectivity index (χ2n) is 9.95. The van der Waals surface area contributed by atoms with Gasteiger partial charge in [-0.05, 0) is 57.8 Å². The number of esters is 2. The molecular formula is C33H56NO8P. The van der Waals surface area contributed by atoms with E-state index in [9.17, 15) is 19.0 Å². The number of hydrogen-bond donors (Lipinski definition) is 2. The molecule has 0 aromatic carbocycles. The van der Waals surface area contributed by atoms with Gasteiger partial charge in [0, 0.05) is 19.4 Å². The van der Waals surface area contributed by atoms with Crippen molar-refractivity contribution >= 4 is 19.8 Å². The summed E-state index contributed by atoms with van der Waals surface area (Å²) in [6.07, 6.45) is 32.0. The summed E-state index contributed by atoms with van der Waals surface area (Å²) in [6.45, 7) is 3.34. The standard InChI is InChI=1S/C33H56NO8P/c1-3-5-7-8-9-10-11-12-13-14-15-16-17-18-19-20-21-22-24-26-33(36)42-31(29-39-32(35)25-23-6-4-2)30-41-43(37,38)40-28-27-34/h5,7,9-10,12-13,15-16,18-19,31H,3-4,6,8,11,14,17,20-30,34H2,1-2H3,(H,37,38)/b7-5-,10-9-,13-12-,16-15-,19-18-. The molecule has 0 amide bonds. The smallest absolute Gasteiger partial charge is 0.462 e. The minimum absolute atomic E-state index is 0.0444. The van der Waals surface area contributed by atoms with Gasteiger partial charge in [0.05, 0.1) is 13.2 Å². The zero-order chi connectivity index (χ0) is 31.9. The summed E-state index contributed by atoms with van der Waals surface area (Å²) >= 11 is 0. The van der Waals surface area contributed by atoms with Gasteiger partial charge in [-0.2, -0.15) is 0 Å². The second kappa shape index (κ2) is 29.8. The SMILES string of the molecule is CC/C=C\C/C=C\C/C=C\C/C=C\C/C=C\CCCCCC(=O)OC(COC(=O)CCCCC)COP(=O)(O)OCCN. The number of phosphoric acid groups is 1. The fourth-order valence-electron chi connectivity index (χ4n) is 3.60. The van der Waals surface area contributed by atoms with Gasteiger partial charge in [-0.15, -0.1) is 0 Å². The number of ether oxygens (including phenoxy) is 2. The zero-order valence-corrected chi connectivity index (χ0v) is 27.3. The van der Waals surface area contributed by atoms with Gasteiger partial charge in [0.2, 0.25) is 0 Å². The number of rotatable bonds is 28. The van der Waals surface area contributed by atoms with Crippen molar-refractivity contribution in [1.29, 1.82) is 0 Å². The molecule has 2 unspecified atom stereocenters. The van der Waals surface area contributed by atoms with Gasteiger partial charge in [-0.1, -0.05) is 93.9 Å². The van der Waals surface area contributed by atoms with Crippen molar-refractivity contribution in [2.75, 3.05) is 26.4 Å². The number of carbonyl (C=O) groups is 2. The molecular weight excluding hydrogens is 569 g/mol. The lowest BCUT2D eigenvalue weighted by atomic mass is 10.1. The molecule has 0 bridgehead atoms. The summed E-state index contributed by atoms with van der Waals surface area (Å²) in [5, 5.41) is 0. The molecule has 0 saturated heterocycles. The van der Waals surface area contributed by atoms with Crippen LogP contribution in [0.15, 0.2) is 60.8 Å². The summed E-state index contributed by atoms with van der Waals surface area (Å²) in [5.74, 6) is -0.905. The Bertz CT molecular complexity index is 897. The maximum atomic E-state index is 12.4. The van der Waals surface area contributed by atoms with Crippen LogP contribution in [0.5, 0.6) is 0 Å².